The lowest BCUT2D eigenvalue weighted by molar-refractivity contribution is -0.124. The standard InChI is InChI=1S/C22H29N3O5/c1-22(2,3)18(30-21(24)28)10-6-9-17(29-20(23)27)19(26)25-16-12-11-14-7-4-5-8-15(14)13-16/h4-5,7-8,11-13,17-18H,6,9-10H2,1-3H3,(H2,23,27)(H2,24,28)(H,25,26)/t17-,18?/m0/s1. The minimum absolute atomic E-state index is 0.219. The van der Waals surface area contributed by atoms with E-state index < -0.39 is 30.3 Å². The SMILES string of the molecule is CC(C)(C)C(CCC[C@H](OC(N)=O)C(=O)Nc1ccc2ccccc2c1)OC(N)=O. The lowest BCUT2D eigenvalue weighted by Crippen LogP contribution is -2.36. The van der Waals surface area contributed by atoms with Crippen LogP contribution < -0.4 is 16.8 Å². The summed E-state index contributed by atoms with van der Waals surface area (Å²) in [4.78, 5) is 35.1. The van der Waals surface area contributed by atoms with Gasteiger partial charge in [0.15, 0.2) is 6.10 Å². The van der Waals surface area contributed by atoms with E-state index in [-0.39, 0.29) is 11.8 Å². The zero-order valence-corrected chi connectivity index (χ0v) is 17.5. The molecule has 0 aromatic heterocycles. The first kappa shape index (κ1) is 23.0. The van der Waals surface area contributed by atoms with Crippen molar-refractivity contribution in [3.63, 3.8) is 0 Å². The van der Waals surface area contributed by atoms with Crippen LogP contribution in [0.5, 0.6) is 0 Å². The van der Waals surface area contributed by atoms with Crippen LogP contribution in [-0.2, 0) is 14.3 Å². The molecule has 1 unspecified atom stereocenters. The Kier molecular flexibility index (Phi) is 7.63. The van der Waals surface area contributed by atoms with E-state index in [1.54, 1.807) is 6.07 Å². The van der Waals surface area contributed by atoms with Crippen molar-refractivity contribution in [3.8, 4) is 0 Å². The second-order valence-corrected chi connectivity index (χ2v) is 8.20. The van der Waals surface area contributed by atoms with Crippen molar-refractivity contribution >= 4 is 34.6 Å². The number of primary amides is 2. The summed E-state index contributed by atoms with van der Waals surface area (Å²) in [5.74, 6) is -0.479. The van der Waals surface area contributed by atoms with Crippen LogP contribution in [0.2, 0.25) is 0 Å². The summed E-state index contributed by atoms with van der Waals surface area (Å²) in [6.07, 6.45) is -2.26. The summed E-state index contributed by atoms with van der Waals surface area (Å²) in [7, 11) is 0. The highest BCUT2D eigenvalue weighted by Gasteiger charge is 2.29. The van der Waals surface area contributed by atoms with Crippen molar-refractivity contribution in [2.75, 3.05) is 5.32 Å². The predicted molar refractivity (Wildman–Crippen MR) is 115 cm³/mol. The first-order valence-corrected chi connectivity index (χ1v) is 9.78. The Hall–Kier alpha value is -3.29. The molecule has 30 heavy (non-hydrogen) atoms. The highest BCUT2D eigenvalue weighted by atomic mass is 16.6. The first-order valence-electron chi connectivity index (χ1n) is 9.78. The molecule has 0 radical (unpaired) electrons. The summed E-state index contributed by atoms with van der Waals surface area (Å²) in [5, 5.41) is 4.78. The number of carbonyl (C=O) groups is 3. The van der Waals surface area contributed by atoms with Crippen LogP contribution in [0.15, 0.2) is 42.5 Å². The van der Waals surface area contributed by atoms with Gasteiger partial charge >= 0.3 is 12.2 Å². The highest BCUT2D eigenvalue weighted by molar-refractivity contribution is 5.97. The Morgan fingerprint density at radius 2 is 1.57 bits per heavy atom. The van der Waals surface area contributed by atoms with Gasteiger partial charge in [0.2, 0.25) is 0 Å². The fraction of sp³-hybridized carbons (Fsp3) is 0.409. The fourth-order valence-electron chi connectivity index (χ4n) is 3.17. The molecule has 0 fully saturated rings. The van der Waals surface area contributed by atoms with Crippen LogP contribution in [0.3, 0.4) is 0 Å². The molecule has 0 aliphatic heterocycles. The van der Waals surface area contributed by atoms with Crippen LogP contribution >= 0.6 is 0 Å². The number of hydrogen-bond donors (Lipinski definition) is 3. The molecule has 2 atom stereocenters. The number of amides is 3. The van der Waals surface area contributed by atoms with Gasteiger partial charge in [-0.3, -0.25) is 4.79 Å². The van der Waals surface area contributed by atoms with Crippen LogP contribution in [0.25, 0.3) is 10.8 Å². The van der Waals surface area contributed by atoms with Gasteiger partial charge in [-0.15, -0.1) is 0 Å². The summed E-state index contributed by atoms with van der Waals surface area (Å²) in [6.45, 7) is 5.76. The normalized spacial score (nSPS) is 13.3. The van der Waals surface area contributed by atoms with E-state index >= 15 is 0 Å². The van der Waals surface area contributed by atoms with Gasteiger partial charge < -0.3 is 26.3 Å². The summed E-state index contributed by atoms with van der Waals surface area (Å²) in [6, 6.07) is 13.3. The molecule has 162 valence electrons. The van der Waals surface area contributed by atoms with Crippen molar-refractivity contribution < 1.29 is 23.9 Å². The van der Waals surface area contributed by atoms with Gasteiger partial charge in [0.1, 0.15) is 6.10 Å². The Balaban J connectivity index is 2.03. The molecular formula is C22H29N3O5. The number of fused-ring (bicyclic) bond motifs is 1. The molecule has 0 aliphatic carbocycles. The molecule has 0 saturated carbocycles. The van der Waals surface area contributed by atoms with E-state index in [0.29, 0.717) is 18.5 Å². The van der Waals surface area contributed by atoms with Crippen molar-refractivity contribution in [2.45, 2.75) is 52.2 Å². The van der Waals surface area contributed by atoms with Crippen LogP contribution in [0.1, 0.15) is 40.0 Å². The largest absolute Gasteiger partial charge is 0.446 e. The molecule has 2 rings (SSSR count). The summed E-state index contributed by atoms with van der Waals surface area (Å²) >= 11 is 0. The van der Waals surface area contributed by atoms with E-state index in [9.17, 15) is 14.4 Å². The van der Waals surface area contributed by atoms with Gasteiger partial charge in [-0.05, 0) is 47.6 Å². The topological polar surface area (TPSA) is 134 Å². The van der Waals surface area contributed by atoms with Gasteiger partial charge in [-0.25, -0.2) is 9.59 Å². The monoisotopic (exact) mass is 415 g/mol. The van der Waals surface area contributed by atoms with Gasteiger partial charge in [0.05, 0.1) is 0 Å². The van der Waals surface area contributed by atoms with Crippen molar-refractivity contribution in [3.05, 3.63) is 42.5 Å². The molecule has 0 saturated heterocycles. The average molecular weight is 415 g/mol. The zero-order valence-electron chi connectivity index (χ0n) is 17.5. The summed E-state index contributed by atoms with van der Waals surface area (Å²) < 4.78 is 10.2. The zero-order chi connectivity index (χ0) is 22.3. The number of nitrogens with one attached hydrogen (secondary N) is 1. The van der Waals surface area contributed by atoms with Crippen LogP contribution in [0, 0.1) is 5.41 Å². The minimum atomic E-state index is -1.07. The third kappa shape index (κ3) is 6.95. The van der Waals surface area contributed by atoms with Gasteiger partial charge in [0, 0.05) is 5.69 Å². The third-order valence-corrected chi connectivity index (χ3v) is 4.72. The van der Waals surface area contributed by atoms with Gasteiger partial charge in [-0.2, -0.15) is 0 Å². The number of benzene rings is 2. The Bertz CT molecular complexity index is 907. The number of rotatable bonds is 8. The second-order valence-electron chi connectivity index (χ2n) is 8.20. The third-order valence-electron chi connectivity index (χ3n) is 4.72. The van der Waals surface area contributed by atoms with E-state index in [2.05, 4.69) is 5.32 Å². The van der Waals surface area contributed by atoms with E-state index in [4.69, 9.17) is 20.9 Å². The maximum atomic E-state index is 12.7. The van der Waals surface area contributed by atoms with Gasteiger partial charge in [-0.1, -0.05) is 51.1 Å². The molecule has 5 N–H and O–H groups in total. The number of anilines is 1. The van der Waals surface area contributed by atoms with Crippen molar-refractivity contribution in [2.24, 2.45) is 16.9 Å². The first-order chi connectivity index (χ1) is 14.1. The quantitative estimate of drug-likeness (QED) is 0.601. The number of ether oxygens (including phenoxy) is 2. The number of nitrogens with two attached hydrogens (primary N) is 2. The molecule has 0 bridgehead atoms. The van der Waals surface area contributed by atoms with E-state index in [1.165, 1.54) is 0 Å². The van der Waals surface area contributed by atoms with Crippen LogP contribution in [0.4, 0.5) is 15.3 Å². The smallest absolute Gasteiger partial charge is 0.405 e. The predicted octanol–water partition coefficient (Wildman–Crippen LogP) is 3.92. The number of hydrogen-bond acceptors (Lipinski definition) is 5. The van der Waals surface area contributed by atoms with Crippen molar-refractivity contribution in [1.82, 2.24) is 0 Å². The lowest BCUT2D eigenvalue weighted by Gasteiger charge is -2.30. The molecular weight excluding hydrogens is 386 g/mol. The molecule has 0 aliphatic rings. The second kappa shape index (κ2) is 9.96. The Morgan fingerprint density at radius 1 is 0.933 bits per heavy atom. The molecule has 8 nitrogen and oxygen atoms in total. The summed E-state index contributed by atoms with van der Waals surface area (Å²) in [5.41, 5.74) is 10.5. The number of carbonyl (C=O) groups excluding carboxylic acids is 3. The van der Waals surface area contributed by atoms with Gasteiger partial charge in [0.25, 0.3) is 5.91 Å². The lowest BCUT2D eigenvalue weighted by atomic mass is 9.85. The van der Waals surface area contributed by atoms with Crippen molar-refractivity contribution in [1.29, 1.82) is 0 Å². The molecule has 2 aromatic rings. The molecule has 0 spiro atoms. The molecule has 2 aromatic carbocycles. The molecule has 0 heterocycles. The minimum Gasteiger partial charge on any atom is -0.446 e. The maximum Gasteiger partial charge on any atom is 0.405 e. The Morgan fingerprint density at radius 3 is 2.17 bits per heavy atom. The average Bonchev–Trinajstić information content (AvgIpc) is 2.64. The maximum absolute atomic E-state index is 12.7. The highest BCUT2D eigenvalue weighted by Crippen LogP contribution is 2.27. The molecule has 3 amide bonds. The Labute approximate surface area is 175 Å². The van der Waals surface area contributed by atoms with E-state index in [1.807, 2.05) is 57.2 Å². The fourth-order valence-corrected chi connectivity index (χ4v) is 3.17. The van der Waals surface area contributed by atoms with Crippen LogP contribution in [-0.4, -0.2) is 30.3 Å². The molecule has 8 heteroatoms. The van der Waals surface area contributed by atoms with E-state index in [0.717, 1.165) is 10.8 Å².